The van der Waals surface area contributed by atoms with Gasteiger partial charge in [-0.2, -0.15) is 4.31 Å². The van der Waals surface area contributed by atoms with Crippen molar-refractivity contribution in [1.29, 1.82) is 0 Å². The zero-order valence-electron chi connectivity index (χ0n) is 17.4. The largest absolute Gasteiger partial charge is 0.484 e. The van der Waals surface area contributed by atoms with E-state index in [-0.39, 0.29) is 24.2 Å². The predicted molar refractivity (Wildman–Crippen MR) is 119 cm³/mol. The second-order valence-corrected chi connectivity index (χ2v) is 9.35. The van der Waals surface area contributed by atoms with Gasteiger partial charge in [-0.05, 0) is 43.5 Å². The third-order valence-electron chi connectivity index (χ3n) is 4.85. The molecule has 0 aromatic heterocycles. The van der Waals surface area contributed by atoms with Gasteiger partial charge in [0.25, 0.3) is 5.91 Å². The van der Waals surface area contributed by atoms with Gasteiger partial charge in [0.15, 0.2) is 6.61 Å². The molecule has 31 heavy (non-hydrogen) atoms. The Morgan fingerprint density at radius 1 is 1.06 bits per heavy atom. The van der Waals surface area contributed by atoms with Gasteiger partial charge in [0.2, 0.25) is 15.9 Å². The molecule has 2 amide bonds. The molecule has 2 aromatic rings. The van der Waals surface area contributed by atoms with E-state index in [4.69, 9.17) is 4.74 Å². The molecule has 1 unspecified atom stereocenters. The highest BCUT2D eigenvalue weighted by Gasteiger charge is 2.38. The van der Waals surface area contributed by atoms with Crippen molar-refractivity contribution in [2.24, 2.45) is 0 Å². The summed E-state index contributed by atoms with van der Waals surface area (Å²) >= 11 is 0. The maximum atomic E-state index is 12.7. The molecule has 1 atom stereocenters. The van der Waals surface area contributed by atoms with Gasteiger partial charge in [0, 0.05) is 24.0 Å². The Kier molecular flexibility index (Phi) is 7.64. The van der Waals surface area contributed by atoms with Crippen LogP contribution in [0.2, 0.25) is 0 Å². The third-order valence-corrected chi connectivity index (χ3v) is 6.93. The van der Waals surface area contributed by atoms with Crippen LogP contribution in [0.5, 0.6) is 5.75 Å². The van der Waals surface area contributed by atoms with Crippen molar-refractivity contribution in [2.45, 2.75) is 32.2 Å². The van der Waals surface area contributed by atoms with Crippen molar-refractivity contribution in [1.82, 2.24) is 4.31 Å². The normalized spacial score (nSPS) is 16.6. The summed E-state index contributed by atoms with van der Waals surface area (Å²) in [6, 6.07) is 15.0. The molecule has 0 saturated carbocycles. The summed E-state index contributed by atoms with van der Waals surface area (Å²) in [6.07, 6.45) is 1.65. The summed E-state index contributed by atoms with van der Waals surface area (Å²) in [5, 5.41) is 5.50. The molecule has 166 valence electrons. The van der Waals surface area contributed by atoms with Crippen LogP contribution in [0.15, 0.2) is 54.6 Å². The molecule has 9 heteroatoms. The predicted octanol–water partition coefficient (Wildman–Crippen LogP) is 2.85. The van der Waals surface area contributed by atoms with Crippen LogP contribution in [0.25, 0.3) is 0 Å². The fourth-order valence-corrected chi connectivity index (χ4v) is 5.21. The molecule has 1 aliphatic heterocycles. The van der Waals surface area contributed by atoms with E-state index >= 15 is 0 Å². The third kappa shape index (κ3) is 6.28. The van der Waals surface area contributed by atoms with Crippen molar-refractivity contribution in [2.75, 3.05) is 29.5 Å². The molecule has 0 radical (unpaired) electrons. The van der Waals surface area contributed by atoms with E-state index in [0.717, 1.165) is 0 Å². The van der Waals surface area contributed by atoms with Gasteiger partial charge in [-0.15, -0.1) is 0 Å². The van der Waals surface area contributed by atoms with E-state index in [0.29, 0.717) is 42.9 Å². The fraction of sp³-hybridized carbons (Fsp3) is 0.364. The number of hydrogen-bond donors (Lipinski definition) is 2. The lowest BCUT2D eigenvalue weighted by Crippen LogP contribution is -2.44. The number of nitrogens with one attached hydrogen (secondary N) is 2. The zero-order valence-corrected chi connectivity index (χ0v) is 18.2. The monoisotopic (exact) mass is 445 g/mol. The van der Waals surface area contributed by atoms with Gasteiger partial charge >= 0.3 is 0 Å². The van der Waals surface area contributed by atoms with Crippen molar-refractivity contribution in [3.63, 3.8) is 0 Å². The fourth-order valence-electron chi connectivity index (χ4n) is 3.47. The summed E-state index contributed by atoms with van der Waals surface area (Å²) in [6.45, 7) is 1.98. The standard InChI is InChI=1S/C22H27N3O5S/c1-2-14-31(28,29)25-13-7-12-20(25)22(27)24-18-10-6-11-19(15-18)30-16-21(26)23-17-8-4-3-5-9-17/h3-6,8-11,15,20H,2,7,12-14,16H2,1H3,(H,23,26)(H,24,27). The van der Waals surface area contributed by atoms with Gasteiger partial charge in [-0.1, -0.05) is 31.2 Å². The molecule has 3 rings (SSSR count). The minimum Gasteiger partial charge on any atom is -0.484 e. The van der Waals surface area contributed by atoms with Crippen molar-refractivity contribution in [3.05, 3.63) is 54.6 Å². The first kappa shape index (κ1) is 22.8. The Labute approximate surface area is 182 Å². The molecular formula is C22H27N3O5S. The lowest BCUT2D eigenvalue weighted by Gasteiger charge is -2.23. The van der Waals surface area contributed by atoms with E-state index in [1.54, 1.807) is 43.3 Å². The number of hydrogen-bond acceptors (Lipinski definition) is 5. The molecular weight excluding hydrogens is 418 g/mol. The van der Waals surface area contributed by atoms with Gasteiger partial charge < -0.3 is 15.4 Å². The number of amides is 2. The summed E-state index contributed by atoms with van der Waals surface area (Å²) in [5.74, 6) is -0.215. The minimum atomic E-state index is -3.45. The summed E-state index contributed by atoms with van der Waals surface area (Å²) in [7, 11) is -3.45. The lowest BCUT2D eigenvalue weighted by molar-refractivity contribution is -0.119. The van der Waals surface area contributed by atoms with Gasteiger partial charge in [-0.25, -0.2) is 8.42 Å². The second kappa shape index (κ2) is 10.4. The van der Waals surface area contributed by atoms with E-state index < -0.39 is 16.1 Å². The Hall–Kier alpha value is -2.91. The van der Waals surface area contributed by atoms with E-state index in [1.807, 2.05) is 18.2 Å². The number of nitrogens with zero attached hydrogens (tertiary/aromatic N) is 1. The molecule has 1 heterocycles. The Morgan fingerprint density at radius 3 is 2.55 bits per heavy atom. The van der Waals surface area contributed by atoms with Crippen LogP contribution in [0, 0.1) is 0 Å². The summed E-state index contributed by atoms with van der Waals surface area (Å²) in [5.41, 5.74) is 1.15. The number of carbonyl (C=O) groups excluding carboxylic acids is 2. The van der Waals surface area contributed by atoms with Crippen molar-refractivity contribution < 1.29 is 22.7 Å². The number of benzene rings is 2. The second-order valence-electron chi connectivity index (χ2n) is 7.30. The van der Waals surface area contributed by atoms with E-state index in [2.05, 4.69) is 10.6 Å². The topological polar surface area (TPSA) is 105 Å². The zero-order chi connectivity index (χ0) is 22.3. The van der Waals surface area contributed by atoms with Crippen LogP contribution < -0.4 is 15.4 Å². The maximum Gasteiger partial charge on any atom is 0.262 e. The van der Waals surface area contributed by atoms with Crippen LogP contribution in [0.3, 0.4) is 0 Å². The van der Waals surface area contributed by atoms with E-state index in [9.17, 15) is 18.0 Å². The molecule has 1 fully saturated rings. The first-order valence-electron chi connectivity index (χ1n) is 10.3. The highest BCUT2D eigenvalue weighted by molar-refractivity contribution is 7.89. The molecule has 8 nitrogen and oxygen atoms in total. The number of para-hydroxylation sites is 1. The van der Waals surface area contributed by atoms with Gasteiger partial charge in [0.1, 0.15) is 11.8 Å². The molecule has 0 aliphatic carbocycles. The van der Waals surface area contributed by atoms with Crippen LogP contribution in [0.1, 0.15) is 26.2 Å². The molecule has 1 saturated heterocycles. The highest BCUT2D eigenvalue weighted by atomic mass is 32.2. The highest BCUT2D eigenvalue weighted by Crippen LogP contribution is 2.24. The summed E-state index contributed by atoms with van der Waals surface area (Å²) in [4.78, 5) is 24.8. The Morgan fingerprint density at radius 2 is 1.81 bits per heavy atom. The number of carbonyl (C=O) groups is 2. The molecule has 2 N–H and O–H groups in total. The first-order valence-corrected chi connectivity index (χ1v) is 11.9. The van der Waals surface area contributed by atoms with Crippen LogP contribution >= 0.6 is 0 Å². The van der Waals surface area contributed by atoms with Gasteiger partial charge in [0.05, 0.1) is 5.75 Å². The van der Waals surface area contributed by atoms with E-state index in [1.165, 1.54) is 4.31 Å². The minimum absolute atomic E-state index is 0.0329. The summed E-state index contributed by atoms with van der Waals surface area (Å²) < 4.78 is 31.7. The number of rotatable bonds is 9. The molecule has 2 aromatic carbocycles. The lowest BCUT2D eigenvalue weighted by atomic mass is 10.2. The van der Waals surface area contributed by atoms with Crippen LogP contribution in [0.4, 0.5) is 11.4 Å². The van der Waals surface area contributed by atoms with Crippen molar-refractivity contribution in [3.8, 4) is 5.75 Å². The SMILES string of the molecule is CCCS(=O)(=O)N1CCCC1C(=O)Nc1cccc(OCC(=O)Nc2ccccc2)c1. The smallest absolute Gasteiger partial charge is 0.262 e. The molecule has 0 bridgehead atoms. The average Bonchev–Trinajstić information content (AvgIpc) is 3.25. The van der Waals surface area contributed by atoms with Crippen LogP contribution in [-0.2, 0) is 19.6 Å². The first-order chi connectivity index (χ1) is 14.9. The number of sulfonamides is 1. The molecule has 1 aliphatic rings. The number of ether oxygens (including phenoxy) is 1. The Bertz CT molecular complexity index is 1010. The number of anilines is 2. The Balaban J connectivity index is 1.57. The van der Waals surface area contributed by atoms with Gasteiger partial charge in [-0.3, -0.25) is 9.59 Å². The van der Waals surface area contributed by atoms with Crippen LogP contribution in [-0.4, -0.2) is 49.5 Å². The quantitative estimate of drug-likeness (QED) is 0.618. The maximum absolute atomic E-state index is 12.7. The average molecular weight is 446 g/mol. The molecule has 0 spiro atoms. The van der Waals surface area contributed by atoms with Crippen molar-refractivity contribution >= 4 is 33.2 Å².